The molecule has 5 rings (SSSR count). The van der Waals surface area contributed by atoms with Crippen LogP contribution in [0.4, 0.5) is 0 Å². The molecule has 1 aliphatic heterocycles. The number of hydrogen-bond donors (Lipinski definition) is 1. The number of carboxylic acid groups (broad SMARTS) is 1. The molecule has 0 radical (unpaired) electrons. The molecule has 3 heterocycles. The van der Waals surface area contributed by atoms with Crippen LogP contribution in [0.3, 0.4) is 0 Å². The Balaban J connectivity index is 0.000000821. The minimum atomic E-state index is -0.250. The first-order valence-electron chi connectivity index (χ1n) is 10.5. The van der Waals surface area contributed by atoms with Crippen LogP contribution in [0.5, 0.6) is 5.75 Å². The van der Waals surface area contributed by atoms with E-state index in [1.807, 2.05) is 24.5 Å². The summed E-state index contributed by atoms with van der Waals surface area (Å²) in [5.74, 6) is 1.17. The summed E-state index contributed by atoms with van der Waals surface area (Å²) in [6.07, 6.45) is 6.18. The van der Waals surface area contributed by atoms with Gasteiger partial charge in [-0.3, -0.25) is 4.79 Å². The van der Waals surface area contributed by atoms with Gasteiger partial charge in [0.05, 0.1) is 37.1 Å². The average molecular weight is 447 g/mol. The number of ether oxygens (including phenoxy) is 2. The standard InChI is InChI=1S/C23H23N5O2.CH2O2/c1-29-21-4-2-3-18(11-21)22-23(19-9-10-30-13-19)27(16-25-22)12-17-5-7-20(8-6-17)28-15-24-14-26-28;2-1-3/h2-8,11,14-16,19H,9-10,12-13H2,1H3;1H,(H,2,3). The fourth-order valence-electron chi connectivity index (χ4n) is 3.98. The zero-order chi connectivity index (χ0) is 23.0. The topological polar surface area (TPSA) is 104 Å². The van der Waals surface area contributed by atoms with Crippen LogP contribution in [0.25, 0.3) is 16.9 Å². The van der Waals surface area contributed by atoms with Gasteiger partial charge in [0.15, 0.2) is 0 Å². The second-order valence-corrected chi connectivity index (χ2v) is 7.51. The molecule has 0 amide bonds. The highest BCUT2D eigenvalue weighted by atomic mass is 16.5. The van der Waals surface area contributed by atoms with Crippen molar-refractivity contribution in [2.75, 3.05) is 20.3 Å². The summed E-state index contributed by atoms with van der Waals surface area (Å²) in [5, 5.41) is 11.1. The summed E-state index contributed by atoms with van der Waals surface area (Å²) in [4.78, 5) is 17.2. The molecule has 0 bridgehead atoms. The Bertz CT molecular complexity index is 1170. The monoisotopic (exact) mass is 447 g/mol. The van der Waals surface area contributed by atoms with Crippen LogP contribution >= 0.6 is 0 Å². The van der Waals surface area contributed by atoms with Gasteiger partial charge in [0.25, 0.3) is 6.47 Å². The largest absolute Gasteiger partial charge is 0.497 e. The van der Waals surface area contributed by atoms with Crippen molar-refractivity contribution < 1.29 is 19.4 Å². The lowest BCUT2D eigenvalue weighted by atomic mass is 9.98. The molecule has 9 nitrogen and oxygen atoms in total. The average Bonchev–Trinajstić information content (AvgIpc) is 3.62. The van der Waals surface area contributed by atoms with Crippen molar-refractivity contribution in [2.45, 2.75) is 18.9 Å². The highest BCUT2D eigenvalue weighted by Crippen LogP contribution is 2.34. The molecule has 2 aromatic heterocycles. The molecule has 1 N–H and O–H groups in total. The number of imidazole rings is 1. The maximum Gasteiger partial charge on any atom is 0.290 e. The van der Waals surface area contributed by atoms with Gasteiger partial charge in [-0.2, -0.15) is 5.10 Å². The van der Waals surface area contributed by atoms with E-state index in [1.54, 1.807) is 18.1 Å². The van der Waals surface area contributed by atoms with Crippen molar-refractivity contribution in [2.24, 2.45) is 0 Å². The Morgan fingerprint density at radius 2 is 2.03 bits per heavy atom. The number of rotatable bonds is 6. The molecule has 0 saturated carbocycles. The van der Waals surface area contributed by atoms with Crippen molar-refractivity contribution in [1.29, 1.82) is 0 Å². The Hall–Kier alpha value is -3.98. The van der Waals surface area contributed by atoms with Crippen molar-refractivity contribution >= 4 is 6.47 Å². The van der Waals surface area contributed by atoms with Crippen molar-refractivity contribution in [3.63, 3.8) is 0 Å². The van der Waals surface area contributed by atoms with Gasteiger partial charge in [-0.05, 0) is 36.2 Å². The molecular formula is C24H25N5O4. The van der Waals surface area contributed by atoms with Crippen LogP contribution in [0.1, 0.15) is 23.6 Å². The number of hydrogen-bond acceptors (Lipinski definition) is 6. The highest BCUT2D eigenvalue weighted by molar-refractivity contribution is 5.64. The Labute approximate surface area is 191 Å². The number of methoxy groups -OCH3 is 1. The molecule has 1 atom stereocenters. The molecular weight excluding hydrogens is 422 g/mol. The molecule has 1 unspecified atom stereocenters. The summed E-state index contributed by atoms with van der Waals surface area (Å²) in [7, 11) is 1.69. The van der Waals surface area contributed by atoms with E-state index in [1.165, 1.54) is 17.6 Å². The van der Waals surface area contributed by atoms with Gasteiger partial charge < -0.3 is 19.1 Å². The molecule has 33 heavy (non-hydrogen) atoms. The number of benzene rings is 2. The predicted octanol–water partition coefficient (Wildman–Crippen LogP) is 3.39. The molecule has 4 aromatic rings. The lowest BCUT2D eigenvalue weighted by Crippen LogP contribution is -2.10. The zero-order valence-electron chi connectivity index (χ0n) is 18.2. The third-order valence-corrected chi connectivity index (χ3v) is 5.51. The third kappa shape index (κ3) is 5.09. The third-order valence-electron chi connectivity index (χ3n) is 5.51. The zero-order valence-corrected chi connectivity index (χ0v) is 18.2. The maximum atomic E-state index is 8.36. The highest BCUT2D eigenvalue weighted by Gasteiger charge is 2.26. The van der Waals surface area contributed by atoms with Crippen LogP contribution in [-0.2, 0) is 16.1 Å². The van der Waals surface area contributed by atoms with Crippen LogP contribution in [0, 0.1) is 0 Å². The summed E-state index contributed by atoms with van der Waals surface area (Å²) in [6, 6.07) is 16.4. The SMILES string of the molecule is COc1cccc(-c2ncn(Cc3ccc(-n4cncn4)cc3)c2C2CCOC2)c1.O=CO. The first-order valence-corrected chi connectivity index (χ1v) is 10.5. The number of nitrogens with zero attached hydrogens (tertiary/aromatic N) is 5. The fourth-order valence-corrected chi connectivity index (χ4v) is 3.98. The van der Waals surface area contributed by atoms with Crippen molar-refractivity contribution in [3.8, 4) is 22.7 Å². The van der Waals surface area contributed by atoms with Crippen molar-refractivity contribution in [3.05, 3.63) is 78.8 Å². The van der Waals surface area contributed by atoms with E-state index in [4.69, 9.17) is 24.4 Å². The van der Waals surface area contributed by atoms with E-state index in [-0.39, 0.29) is 6.47 Å². The lowest BCUT2D eigenvalue weighted by Gasteiger charge is -2.15. The van der Waals surface area contributed by atoms with Gasteiger partial charge in [0.2, 0.25) is 0 Å². The van der Waals surface area contributed by atoms with Crippen LogP contribution in [-0.4, -0.2) is 56.2 Å². The molecule has 1 fully saturated rings. The summed E-state index contributed by atoms with van der Waals surface area (Å²) in [6.45, 7) is 2.02. The van der Waals surface area contributed by atoms with E-state index in [0.29, 0.717) is 5.92 Å². The van der Waals surface area contributed by atoms with Crippen LogP contribution in [0.2, 0.25) is 0 Å². The van der Waals surface area contributed by atoms with E-state index < -0.39 is 0 Å². The van der Waals surface area contributed by atoms with Gasteiger partial charge >= 0.3 is 0 Å². The quantitative estimate of drug-likeness (QED) is 0.452. The molecule has 2 aromatic carbocycles. The van der Waals surface area contributed by atoms with Crippen molar-refractivity contribution in [1.82, 2.24) is 24.3 Å². The Morgan fingerprint density at radius 3 is 2.70 bits per heavy atom. The summed E-state index contributed by atoms with van der Waals surface area (Å²) < 4.78 is 15.1. The van der Waals surface area contributed by atoms with Gasteiger partial charge in [-0.15, -0.1) is 0 Å². The normalized spacial score (nSPS) is 15.0. The lowest BCUT2D eigenvalue weighted by molar-refractivity contribution is -0.122. The number of carbonyl (C=O) groups is 1. The Kier molecular flexibility index (Phi) is 7.11. The maximum absolute atomic E-state index is 8.36. The molecule has 0 spiro atoms. The van der Waals surface area contributed by atoms with E-state index in [9.17, 15) is 0 Å². The predicted molar refractivity (Wildman–Crippen MR) is 122 cm³/mol. The first-order chi connectivity index (χ1) is 16.2. The van der Waals surface area contributed by atoms with E-state index in [0.717, 1.165) is 48.9 Å². The summed E-state index contributed by atoms with van der Waals surface area (Å²) >= 11 is 0. The second kappa shape index (κ2) is 10.6. The Morgan fingerprint density at radius 1 is 1.21 bits per heavy atom. The molecule has 1 aliphatic rings. The van der Waals surface area contributed by atoms with Gasteiger partial charge in [0, 0.05) is 24.6 Å². The molecule has 0 aliphatic carbocycles. The van der Waals surface area contributed by atoms with E-state index >= 15 is 0 Å². The van der Waals surface area contributed by atoms with Gasteiger partial charge in [-0.1, -0.05) is 24.3 Å². The van der Waals surface area contributed by atoms with Crippen LogP contribution < -0.4 is 4.74 Å². The van der Waals surface area contributed by atoms with Gasteiger partial charge in [-0.25, -0.2) is 14.6 Å². The molecule has 1 saturated heterocycles. The minimum absolute atomic E-state index is 0.250. The summed E-state index contributed by atoms with van der Waals surface area (Å²) in [5.41, 5.74) is 5.48. The molecule has 9 heteroatoms. The first kappa shape index (κ1) is 22.2. The molecule has 170 valence electrons. The number of aromatic nitrogens is 5. The fraction of sp³-hybridized carbons (Fsp3) is 0.250. The van der Waals surface area contributed by atoms with E-state index in [2.05, 4.69) is 45.0 Å². The minimum Gasteiger partial charge on any atom is -0.497 e. The smallest absolute Gasteiger partial charge is 0.290 e. The van der Waals surface area contributed by atoms with Gasteiger partial charge in [0.1, 0.15) is 18.4 Å². The van der Waals surface area contributed by atoms with Crippen LogP contribution in [0.15, 0.2) is 67.5 Å². The second-order valence-electron chi connectivity index (χ2n) is 7.51.